The maximum Gasteiger partial charge on any atom is 0.138 e. The molecule has 0 aliphatic rings. The van der Waals surface area contributed by atoms with Gasteiger partial charge in [0.25, 0.3) is 0 Å². The molecule has 2 aromatic heterocycles. The quantitative estimate of drug-likeness (QED) is 0.369. The summed E-state index contributed by atoms with van der Waals surface area (Å²) >= 11 is 12.4. The first-order valence-electron chi connectivity index (χ1n) is 9.20. The maximum absolute atomic E-state index is 13.0. The second-order valence-electron chi connectivity index (χ2n) is 8.03. The van der Waals surface area contributed by atoms with Gasteiger partial charge in [-0.15, -0.1) is 16.1 Å². The van der Waals surface area contributed by atoms with E-state index >= 15 is 0 Å². The van der Waals surface area contributed by atoms with Crippen LogP contribution >= 0.6 is 34.5 Å². The van der Waals surface area contributed by atoms with Crippen molar-refractivity contribution in [3.63, 3.8) is 0 Å². The van der Waals surface area contributed by atoms with Crippen molar-refractivity contribution < 1.29 is 9.66 Å². The van der Waals surface area contributed by atoms with Crippen LogP contribution in [0.2, 0.25) is 10.2 Å². The molecule has 3 aromatic rings. The Kier molecular flexibility index (Phi) is 7.14. The largest absolute Gasteiger partial charge is 0.598 e. The molecule has 160 valence electrons. The SMILES string of the molecule is CC(C)(C)[S+]([O-])N[C@](C)(c1cccc(Cl)c1)c1csc([C@H](O)c2cncnc2Cl)c1. The molecule has 5 nitrogen and oxygen atoms in total. The Balaban J connectivity index is 2.04. The number of thiophene rings is 1. The molecule has 3 atom stereocenters. The van der Waals surface area contributed by atoms with Crippen molar-refractivity contribution in [3.05, 3.63) is 80.0 Å². The summed E-state index contributed by atoms with van der Waals surface area (Å²) in [6.45, 7) is 7.69. The molecule has 0 spiro atoms. The molecule has 0 saturated heterocycles. The summed E-state index contributed by atoms with van der Waals surface area (Å²) in [5, 5.41) is 13.6. The van der Waals surface area contributed by atoms with Crippen molar-refractivity contribution in [2.75, 3.05) is 0 Å². The fourth-order valence-corrected chi connectivity index (χ4v) is 5.16. The highest BCUT2D eigenvalue weighted by atomic mass is 35.5. The second-order valence-corrected chi connectivity index (χ2v) is 11.7. The number of hydrogen-bond acceptors (Lipinski definition) is 6. The number of hydrogen-bond donors (Lipinski definition) is 2. The van der Waals surface area contributed by atoms with E-state index in [1.165, 1.54) is 23.9 Å². The van der Waals surface area contributed by atoms with Gasteiger partial charge in [-0.1, -0.05) is 35.3 Å². The van der Waals surface area contributed by atoms with Crippen molar-refractivity contribution in [1.82, 2.24) is 14.7 Å². The number of halogens is 2. The van der Waals surface area contributed by atoms with Gasteiger partial charge >= 0.3 is 0 Å². The minimum absolute atomic E-state index is 0.206. The third-order valence-electron chi connectivity index (χ3n) is 4.71. The molecule has 0 bridgehead atoms. The predicted molar refractivity (Wildman–Crippen MR) is 124 cm³/mol. The fourth-order valence-electron chi connectivity index (χ4n) is 2.84. The lowest BCUT2D eigenvalue weighted by molar-refractivity contribution is 0.223. The maximum atomic E-state index is 13.0. The lowest BCUT2D eigenvalue weighted by Gasteiger charge is -2.35. The summed E-state index contributed by atoms with van der Waals surface area (Å²) in [5.74, 6) is 0. The minimum Gasteiger partial charge on any atom is -0.598 e. The number of nitrogens with one attached hydrogen (secondary N) is 1. The van der Waals surface area contributed by atoms with Crippen molar-refractivity contribution in [3.8, 4) is 0 Å². The number of rotatable bonds is 6. The molecular weight excluding hydrogens is 461 g/mol. The number of nitrogens with zero attached hydrogens (tertiary/aromatic N) is 2. The number of aliphatic hydroxyl groups excluding tert-OH is 1. The second kappa shape index (κ2) is 9.12. The van der Waals surface area contributed by atoms with Crippen molar-refractivity contribution in [1.29, 1.82) is 0 Å². The lowest BCUT2D eigenvalue weighted by Crippen LogP contribution is -2.50. The minimum atomic E-state index is -1.35. The van der Waals surface area contributed by atoms with Crippen LogP contribution in [0.4, 0.5) is 0 Å². The van der Waals surface area contributed by atoms with Gasteiger partial charge in [0.05, 0.1) is 0 Å². The summed E-state index contributed by atoms with van der Waals surface area (Å²) in [5.41, 5.74) is 1.36. The summed E-state index contributed by atoms with van der Waals surface area (Å²) < 4.78 is 15.8. The van der Waals surface area contributed by atoms with E-state index in [-0.39, 0.29) is 5.15 Å². The average molecular weight is 484 g/mol. The third kappa shape index (κ3) is 4.99. The van der Waals surface area contributed by atoms with Gasteiger partial charge in [0.1, 0.15) is 27.9 Å². The van der Waals surface area contributed by atoms with Gasteiger partial charge in [-0.3, -0.25) is 0 Å². The Bertz CT molecular complexity index is 1030. The van der Waals surface area contributed by atoms with Crippen LogP contribution in [-0.4, -0.2) is 24.4 Å². The van der Waals surface area contributed by atoms with Gasteiger partial charge in [-0.05, 0) is 62.4 Å². The Hall–Kier alpha value is -1.19. The molecule has 0 radical (unpaired) electrons. The first-order chi connectivity index (χ1) is 14.0. The summed E-state index contributed by atoms with van der Waals surface area (Å²) in [6, 6.07) is 9.33. The third-order valence-corrected chi connectivity index (χ3v) is 7.95. The van der Waals surface area contributed by atoms with Crippen LogP contribution in [-0.2, 0) is 16.9 Å². The van der Waals surface area contributed by atoms with Gasteiger partial charge in [0.15, 0.2) is 0 Å². The Morgan fingerprint density at radius 1 is 1.17 bits per heavy atom. The molecular formula is C21H23Cl2N3O2S2. The molecule has 2 N–H and O–H groups in total. The summed E-state index contributed by atoms with van der Waals surface area (Å²) in [6.07, 6.45) is 1.87. The normalized spacial score (nSPS) is 16.1. The van der Waals surface area contributed by atoms with Crippen LogP contribution in [0, 0.1) is 0 Å². The van der Waals surface area contributed by atoms with Gasteiger partial charge in [-0.25, -0.2) is 9.97 Å². The number of benzene rings is 1. The standard InChI is InChI=1S/C21H23Cl2N3O2S2/c1-20(2,3)30(28)26-21(4,13-6-5-7-15(22)8-13)14-9-17(29-11-14)18(27)16-10-24-12-25-19(16)23/h5-12,18,26-27H,1-4H3/t18-,21-,30?/m1/s1. The van der Waals surface area contributed by atoms with E-state index in [1.54, 1.807) is 6.07 Å². The van der Waals surface area contributed by atoms with Crippen molar-refractivity contribution in [2.45, 2.75) is 44.1 Å². The first-order valence-corrected chi connectivity index (χ1v) is 12.0. The zero-order valence-corrected chi connectivity index (χ0v) is 20.2. The molecule has 30 heavy (non-hydrogen) atoms. The zero-order chi connectivity index (χ0) is 22.1. The van der Waals surface area contributed by atoms with E-state index in [0.717, 1.165) is 11.1 Å². The Morgan fingerprint density at radius 3 is 2.53 bits per heavy atom. The molecule has 2 heterocycles. The number of aliphatic hydroxyl groups is 1. The lowest BCUT2D eigenvalue weighted by atomic mass is 9.87. The molecule has 0 aliphatic carbocycles. The number of aromatic nitrogens is 2. The van der Waals surface area contributed by atoms with E-state index in [0.29, 0.717) is 15.5 Å². The molecule has 0 fully saturated rings. The molecule has 1 aromatic carbocycles. The monoisotopic (exact) mass is 483 g/mol. The Labute approximate surface area is 193 Å². The van der Waals surface area contributed by atoms with Crippen LogP contribution in [0.1, 0.15) is 55.4 Å². The average Bonchev–Trinajstić information content (AvgIpc) is 3.18. The van der Waals surface area contributed by atoms with Crippen LogP contribution in [0.5, 0.6) is 0 Å². The van der Waals surface area contributed by atoms with Crippen LogP contribution in [0.3, 0.4) is 0 Å². The smallest absolute Gasteiger partial charge is 0.138 e. The van der Waals surface area contributed by atoms with E-state index in [9.17, 15) is 9.66 Å². The van der Waals surface area contributed by atoms with Gasteiger partial charge in [0.2, 0.25) is 0 Å². The van der Waals surface area contributed by atoms with Crippen LogP contribution < -0.4 is 4.72 Å². The Morgan fingerprint density at radius 2 is 1.90 bits per heavy atom. The summed E-state index contributed by atoms with van der Waals surface area (Å²) in [4.78, 5) is 8.57. The van der Waals surface area contributed by atoms with Gasteiger partial charge < -0.3 is 9.66 Å². The predicted octanol–water partition coefficient (Wildman–Crippen LogP) is 5.24. The molecule has 0 amide bonds. The van der Waals surface area contributed by atoms with E-state index in [4.69, 9.17) is 23.2 Å². The van der Waals surface area contributed by atoms with E-state index in [1.807, 2.05) is 57.3 Å². The highest BCUT2D eigenvalue weighted by molar-refractivity contribution is 7.90. The molecule has 3 rings (SSSR count). The summed E-state index contributed by atoms with van der Waals surface area (Å²) in [7, 11) is 0. The fraction of sp³-hybridized carbons (Fsp3) is 0.333. The van der Waals surface area contributed by atoms with Crippen LogP contribution in [0.25, 0.3) is 0 Å². The van der Waals surface area contributed by atoms with E-state index < -0.39 is 27.8 Å². The van der Waals surface area contributed by atoms with Crippen molar-refractivity contribution in [2.24, 2.45) is 0 Å². The van der Waals surface area contributed by atoms with E-state index in [2.05, 4.69) is 14.7 Å². The zero-order valence-electron chi connectivity index (χ0n) is 17.0. The first kappa shape index (κ1) is 23.5. The molecule has 0 aliphatic heterocycles. The van der Waals surface area contributed by atoms with Crippen molar-refractivity contribution >= 4 is 45.9 Å². The van der Waals surface area contributed by atoms with Crippen LogP contribution in [0.15, 0.2) is 48.2 Å². The molecule has 1 unspecified atom stereocenters. The molecule has 9 heteroatoms. The highest BCUT2D eigenvalue weighted by Gasteiger charge is 2.39. The molecule has 0 saturated carbocycles. The van der Waals surface area contributed by atoms with Gasteiger partial charge in [-0.2, -0.15) is 0 Å². The van der Waals surface area contributed by atoms with Gasteiger partial charge in [0, 0.05) is 33.0 Å². The highest BCUT2D eigenvalue weighted by Crippen LogP contribution is 2.38. The topological polar surface area (TPSA) is 81.1 Å².